The maximum atomic E-state index is 13.0. The number of fused-ring (bicyclic) bond motifs is 1. The third kappa shape index (κ3) is 4.35. The quantitative estimate of drug-likeness (QED) is 0.500. The molecule has 28 heavy (non-hydrogen) atoms. The minimum atomic E-state index is -0.268. The number of benzene rings is 3. The lowest BCUT2D eigenvalue weighted by atomic mass is 10.1. The number of halogens is 1. The van der Waals surface area contributed by atoms with Gasteiger partial charge in [0.2, 0.25) is 0 Å². The molecule has 1 aromatic heterocycles. The third-order valence-electron chi connectivity index (χ3n) is 4.20. The van der Waals surface area contributed by atoms with Crippen molar-refractivity contribution in [1.82, 2.24) is 4.98 Å². The molecule has 0 spiro atoms. The second kappa shape index (κ2) is 8.19. The lowest BCUT2D eigenvalue weighted by Gasteiger charge is -2.08. The van der Waals surface area contributed by atoms with Crippen molar-refractivity contribution in [2.75, 3.05) is 11.9 Å². The molecule has 140 valence electrons. The number of nitrogens with one attached hydrogen (secondary N) is 1. The van der Waals surface area contributed by atoms with Gasteiger partial charge in [-0.3, -0.25) is 10.1 Å². The van der Waals surface area contributed by atoms with Gasteiger partial charge in [0.25, 0.3) is 5.91 Å². The number of carbonyl (C=O) groups excluding carboxylic acids is 1. The van der Waals surface area contributed by atoms with Crippen LogP contribution in [0.5, 0.6) is 5.75 Å². The summed E-state index contributed by atoms with van der Waals surface area (Å²) in [6.45, 7) is -0.0963. The Bertz CT molecular complexity index is 1100. The van der Waals surface area contributed by atoms with Gasteiger partial charge in [0, 0.05) is 22.9 Å². The van der Waals surface area contributed by atoms with Crippen LogP contribution in [0.3, 0.4) is 0 Å². The van der Waals surface area contributed by atoms with Crippen LogP contribution in [0.2, 0.25) is 0 Å². The first-order valence-corrected chi connectivity index (χ1v) is 9.58. The molecule has 0 aliphatic carbocycles. The second-order valence-electron chi connectivity index (χ2n) is 6.25. The van der Waals surface area contributed by atoms with Crippen LogP contribution in [-0.2, 0) is 11.2 Å². The van der Waals surface area contributed by atoms with Crippen LogP contribution < -0.4 is 10.1 Å². The standard InChI is InChI=1S/C22H17FN2O2S/c23-17-10-8-15(9-11-17)12-18-13-24-22(28-18)25-21(26)14-27-20-7-3-5-16-4-1-2-6-19(16)20/h1-11,13H,12,14H2,(H,24,25,26). The molecule has 1 amide bonds. The maximum Gasteiger partial charge on any atom is 0.264 e. The number of aromatic nitrogens is 1. The zero-order valence-electron chi connectivity index (χ0n) is 14.9. The van der Waals surface area contributed by atoms with E-state index in [1.54, 1.807) is 18.3 Å². The molecule has 0 aliphatic rings. The van der Waals surface area contributed by atoms with E-state index < -0.39 is 0 Å². The van der Waals surface area contributed by atoms with E-state index in [9.17, 15) is 9.18 Å². The molecule has 0 fully saturated rings. The Balaban J connectivity index is 1.35. The van der Waals surface area contributed by atoms with Crippen molar-refractivity contribution in [1.29, 1.82) is 0 Å². The lowest BCUT2D eigenvalue weighted by Crippen LogP contribution is -2.20. The number of amides is 1. The van der Waals surface area contributed by atoms with Gasteiger partial charge in [0.1, 0.15) is 11.6 Å². The molecule has 0 atom stereocenters. The first kappa shape index (κ1) is 18.1. The van der Waals surface area contributed by atoms with Gasteiger partial charge in [0.05, 0.1) is 0 Å². The molecular weight excluding hydrogens is 375 g/mol. The molecule has 1 N–H and O–H groups in total. The monoisotopic (exact) mass is 392 g/mol. The molecule has 4 nitrogen and oxygen atoms in total. The van der Waals surface area contributed by atoms with Gasteiger partial charge >= 0.3 is 0 Å². The van der Waals surface area contributed by atoms with E-state index in [1.165, 1.54) is 23.5 Å². The van der Waals surface area contributed by atoms with Crippen LogP contribution in [0.25, 0.3) is 10.8 Å². The van der Waals surface area contributed by atoms with Crippen LogP contribution >= 0.6 is 11.3 Å². The van der Waals surface area contributed by atoms with Crippen molar-refractivity contribution in [2.45, 2.75) is 6.42 Å². The average molecular weight is 392 g/mol. The summed E-state index contributed by atoms with van der Waals surface area (Å²) in [4.78, 5) is 17.4. The van der Waals surface area contributed by atoms with E-state index in [0.29, 0.717) is 17.3 Å². The van der Waals surface area contributed by atoms with Crippen molar-refractivity contribution in [3.05, 3.63) is 89.2 Å². The molecular formula is C22H17FN2O2S. The Morgan fingerprint density at radius 2 is 1.82 bits per heavy atom. The largest absolute Gasteiger partial charge is 0.483 e. The molecule has 4 aromatic rings. The fourth-order valence-corrected chi connectivity index (χ4v) is 3.73. The smallest absolute Gasteiger partial charge is 0.264 e. The Kier molecular flexibility index (Phi) is 5.30. The zero-order valence-corrected chi connectivity index (χ0v) is 15.7. The number of thiazole rings is 1. The number of carbonyl (C=O) groups is 1. The average Bonchev–Trinajstić information content (AvgIpc) is 3.15. The van der Waals surface area contributed by atoms with E-state index in [-0.39, 0.29) is 18.3 Å². The van der Waals surface area contributed by atoms with Crippen LogP contribution in [-0.4, -0.2) is 17.5 Å². The SMILES string of the molecule is O=C(COc1cccc2ccccc12)Nc1ncc(Cc2ccc(F)cc2)s1. The van der Waals surface area contributed by atoms with E-state index in [2.05, 4.69) is 10.3 Å². The summed E-state index contributed by atoms with van der Waals surface area (Å²) in [6, 6.07) is 20.0. The van der Waals surface area contributed by atoms with E-state index in [1.807, 2.05) is 42.5 Å². The van der Waals surface area contributed by atoms with Gasteiger partial charge in [-0.2, -0.15) is 0 Å². The van der Waals surface area contributed by atoms with Gasteiger partial charge < -0.3 is 4.74 Å². The summed E-state index contributed by atoms with van der Waals surface area (Å²) in [5.41, 5.74) is 0.988. The van der Waals surface area contributed by atoms with Crippen LogP contribution in [0.1, 0.15) is 10.4 Å². The Labute approximate surface area is 165 Å². The molecule has 4 rings (SSSR count). The van der Waals surface area contributed by atoms with Gasteiger partial charge in [0.15, 0.2) is 11.7 Å². The molecule has 6 heteroatoms. The number of anilines is 1. The summed E-state index contributed by atoms with van der Waals surface area (Å²) >= 11 is 1.39. The van der Waals surface area contributed by atoms with Crippen LogP contribution in [0, 0.1) is 5.82 Å². The Morgan fingerprint density at radius 1 is 1.04 bits per heavy atom. The molecule has 0 aliphatic heterocycles. The molecule has 0 unspecified atom stereocenters. The summed E-state index contributed by atoms with van der Waals surface area (Å²) < 4.78 is 18.7. The van der Waals surface area contributed by atoms with Crippen molar-refractivity contribution in [3.8, 4) is 5.75 Å². The topological polar surface area (TPSA) is 51.2 Å². The Hall–Kier alpha value is -3.25. The number of hydrogen-bond donors (Lipinski definition) is 1. The van der Waals surface area contributed by atoms with E-state index >= 15 is 0 Å². The minimum absolute atomic E-state index is 0.0963. The Morgan fingerprint density at radius 3 is 2.68 bits per heavy atom. The van der Waals surface area contributed by atoms with E-state index in [0.717, 1.165) is 21.2 Å². The number of rotatable bonds is 6. The van der Waals surface area contributed by atoms with Gasteiger partial charge in [-0.1, -0.05) is 48.5 Å². The lowest BCUT2D eigenvalue weighted by molar-refractivity contribution is -0.118. The maximum absolute atomic E-state index is 13.0. The first-order valence-electron chi connectivity index (χ1n) is 8.77. The van der Waals surface area contributed by atoms with Crippen molar-refractivity contribution in [3.63, 3.8) is 0 Å². The molecule has 1 heterocycles. The van der Waals surface area contributed by atoms with Crippen molar-refractivity contribution >= 4 is 33.1 Å². The first-order chi connectivity index (χ1) is 13.7. The molecule has 0 bridgehead atoms. The van der Waals surface area contributed by atoms with E-state index in [4.69, 9.17) is 4.74 Å². The van der Waals surface area contributed by atoms with Crippen LogP contribution in [0.4, 0.5) is 9.52 Å². The minimum Gasteiger partial charge on any atom is -0.483 e. The summed E-state index contributed by atoms with van der Waals surface area (Å²) in [5.74, 6) is 0.146. The van der Waals surface area contributed by atoms with Gasteiger partial charge in [-0.05, 0) is 29.1 Å². The third-order valence-corrected chi connectivity index (χ3v) is 5.11. The number of hydrogen-bond acceptors (Lipinski definition) is 4. The highest BCUT2D eigenvalue weighted by Crippen LogP contribution is 2.25. The fraction of sp³-hybridized carbons (Fsp3) is 0.0909. The van der Waals surface area contributed by atoms with Gasteiger partial charge in [-0.15, -0.1) is 11.3 Å². The molecule has 0 radical (unpaired) electrons. The predicted octanol–water partition coefficient (Wildman–Crippen LogP) is 5.04. The highest BCUT2D eigenvalue weighted by atomic mass is 32.1. The molecule has 0 saturated carbocycles. The number of ether oxygens (including phenoxy) is 1. The molecule has 3 aromatic carbocycles. The fourth-order valence-electron chi connectivity index (χ4n) is 2.87. The summed E-state index contributed by atoms with van der Waals surface area (Å²) in [6.07, 6.45) is 2.36. The number of nitrogens with zero attached hydrogens (tertiary/aromatic N) is 1. The molecule has 0 saturated heterocycles. The normalized spacial score (nSPS) is 10.8. The highest BCUT2D eigenvalue weighted by molar-refractivity contribution is 7.15. The van der Waals surface area contributed by atoms with Crippen LogP contribution in [0.15, 0.2) is 72.9 Å². The highest BCUT2D eigenvalue weighted by Gasteiger charge is 2.09. The summed E-state index contributed by atoms with van der Waals surface area (Å²) in [7, 11) is 0. The van der Waals surface area contributed by atoms with Gasteiger partial charge in [-0.25, -0.2) is 9.37 Å². The predicted molar refractivity (Wildman–Crippen MR) is 109 cm³/mol. The zero-order chi connectivity index (χ0) is 19.3. The second-order valence-corrected chi connectivity index (χ2v) is 7.36. The summed E-state index contributed by atoms with van der Waals surface area (Å²) in [5, 5.41) is 5.30. The van der Waals surface area contributed by atoms with Crippen molar-refractivity contribution in [2.24, 2.45) is 0 Å². The van der Waals surface area contributed by atoms with Crippen molar-refractivity contribution < 1.29 is 13.9 Å².